The molecular formula is C14H22N2O3S. The van der Waals surface area contributed by atoms with E-state index in [0.29, 0.717) is 19.5 Å². The second kappa shape index (κ2) is 7.17. The summed E-state index contributed by atoms with van der Waals surface area (Å²) in [6.07, 6.45) is 3.39. The van der Waals surface area contributed by atoms with Gasteiger partial charge in [0.05, 0.1) is 12.6 Å². The Labute approximate surface area is 120 Å². The van der Waals surface area contributed by atoms with Gasteiger partial charge in [0.25, 0.3) is 10.2 Å². The summed E-state index contributed by atoms with van der Waals surface area (Å²) < 4.78 is 28.6. The number of aliphatic hydroxyl groups is 1. The Morgan fingerprint density at radius 2 is 1.80 bits per heavy atom. The van der Waals surface area contributed by atoms with Crippen molar-refractivity contribution >= 4 is 10.2 Å². The van der Waals surface area contributed by atoms with Gasteiger partial charge in [0.15, 0.2) is 0 Å². The van der Waals surface area contributed by atoms with Gasteiger partial charge in [-0.25, -0.2) is 0 Å². The average Bonchev–Trinajstić information content (AvgIpc) is 2.48. The third-order valence-corrected chi connectivity index (χ3v) is 5.19. The molecule has 1 aliphatic rings. The predicted molar refractivity (Wildman–Crippen MR) is 78.5 cm³/mol. The summed E-state index contributed by atoms with van der Waals surface area (Å²) in [5.74, 6) is 0. The topological polar surface area (TPSA) is 69.6 Å². The van der Waals surface area contributed by atoms with Gasteiger partial charge in [-0.2, -0.15) is 17.4 Å². The van der Waals surface area contributed by atoms with Crippen molar-refractivity contribution in [1.29, 1.82) is 0 Å². The molecule has 5 nitrogen and oxygen atoms in total. The molecular weight excluding hydrogens is 276 g/mol. The van der Waals surface area contributed by atoms with E-state index in [4.69, 9.17) is 0 Å². The molecule has 112 valence electrons. The molecule has 1 aromatic rings. The van der Waals surface area contributed by atoms with Crippen LogP contribution in [-0.2, 0) is 16.6 Å². The molecule has 20 heavy (non-hydrogen) atoms. The monoisotopic (exact) mass is 298 g/mol. The van der Waals surface area contributed by atoms with Crippen LogP contribution in [0.1, 0.15) is 24.8 Å². The molecule has 6 heteroatoms. The highest BCUT2D eigenvalue weighted by molar-refractivity contribution is 7.87. The third-order valence-electron chi connectivity index (χ3n) is 3.52. The largest absolute Gasteiger partial charge is 0.395 e. The van der Waals surface area contributed by atoms with Gasteiger partial charge in [-0.15, -0.1) is 0 Å². The molecule has 0 amide bonds. The molecule has 0 unspecified atom stereocenters. The van der Waals surface area contributed by atoms with Crippen molar-refractivity contribution in [1.82, 2.24) is 9.03 Å². The van der Waals surface area contributed by atoms with Gasteiger partial charge >= 0.3 is 0 Å². The van der Waals surface area contributed by atoms with E-state index in [2.05, 4.69) is 4.72 Å². The first-order valence-electron chi connectivity index (χ1n) is 7.04. The Kier molecular flexibility index (Phi) is 5.54. The Balaban J connectivity index is 1.98. The molecule has 0 aliphatic carbocycles. The lowest BCUT2D eigenvalue weighted by Crippen LogP contribution is -2.49. The number of aliphatic hydroxyl groups excluding tert-OH is 1. The van der Waals surface area contributed by atoms with Crippen LogP contribution in [0.4, 0.5) is 0 Å². The van der Waals surface area contributed by atoms with Crippen LogP contribution in [0.2, 0.25) is 0 Å². The molecule has 0 spiro atoms. The minimum absolute atomic E-state index is 0.206. The van der Waals surface area contributed by atoms with Gasteiger partial charge in [0, 0.05) is 13.1 Å². The molecule has 0 aromatic heterocycles. The van der Waals surface area contributed by atoms with E-state index in [-0.39, 0.29) is 6.61 Å². The number of hydrogen-bond acceptors (Lipinski definition) is 3. The summed E-state index contributed by atoms with van der Waals surface area (Å²) >= 11 is 0. The van der Waals surface area contributed by atoms with Crippen LogP contribution in [0.15, 0.2) is 30.3 Å². The average molecular weight is 298 g/mol. The lowest BCUT2D eigenvalue weighted by atomic mass is 10.1. The van der Waals surface area contributed by atoms with E-state index in [0.717, 1.165) is 24.8 Å². The fraction of sp³-hybridized carbons (Fsp3) is 0.571. The highest BCUT2D eigenvalue weighted by Crippen LogP contribution is 2.13. The van der Waals surface area contributed by atoms with Crippen LogP contribution in [0.5, 0.6) is 0 Å². The standard InChI is InChI=1S/C14H22N2O3S/c17-12-14(11-13-7-3-1-4-8-13)15-20(18,19)16-9-5-2-6-10-16/h1,3-4,7-8,14-15,17H,2,5-6,9-12H2/t14-/m1/s1. The highest BCUT2D eigenvalue weighted by atomic mass is 32.2. The van der Waals surface area contributed by atoms with Crippen LogP contribution >= 0.6 is 0 Å². The van der Waals surface area contributed by atoms with E-state index >= 15 is 0 Å². The summed E-state index contributed by atoms with van der Waals surface area (Å²) in [7, 11) is -3.49. The van der Waals surface area contributed by atoms with Crippen LogP contribution in [-0.4, -0.2) is 43.6 Å². The van der Waals surface area contributed by atoms with Gasteiger partial charge in [0.2, 0.25) is 0 Å². The molecule has 1 aliphatic heterocycles. The van der Waals surface area contributed by atoms with Crippen molar-refractivity contribution in [2.24, 2.45) is 0 Å². The van der Waals surface area contributed by atoms with Crippen molar-refractivity contribution in [3.63, 3.8) is 0 Å². The second-order valence-electron chi connectivity index (χ2n) is 5.15. The molecule has 1 saturated heterocycles. The van der Waals surface area contributed by atoms with E-state index in [1.807, 2.05) is 30.3 Å². The molecule has 2 N–H and O–H groups in total. The van der Waals surface area contributed by atoms with Crippen molar-refractivity contribution in [3.8, 4) is 0 Å². The smallest absolute Gasteiger partial charge is 0.279 e. The maximum atomic E-state index is 12.2. The van der Waals surface area contributed by atoms with Gasteiger partial charge in [-0.1, -0.05) is 36.8 Å². The number of piperidine rings is 1. The van der Waals surface area contributed by atoms with Crippen molar-refractivity contribution < 1.29 is 13.5 Å². The fourth-order valence-corrected chi connectivity index (χ4v) is 3.90. The Bertz CT molecular complexity index is 498. The molecule has 0 radical (unpaired) electrons. The Hall–Kier alpha value is -0.950. The molecule has 1 heterocycles. The molecule has 1 fully saturated rings. The van der Waals surface area contributed by atoms with E-state index in [9.17, 15) is 13.5 Å². The molecule has 1 atom stereocenters. The quantitative estimate of drug-likeness (QED) is 0.820. The first-order valence-corrected chi connectivity index (χ1v) is 8.48. The van der Waals surface area contributed by atoms with Gasteiger partial charge < -0.3 is 5.11 Å². The molecule has 1 aromatic carbocycles. The molecule has 0 bridgehead atoms. The molecule has 2 rings (SSSR count). The van der Waals surface area contributed by atoms with E-state index in [1.54, 1.807) is 0 Å². The number of rotatable bonds is 6. The van der Waals surface area contributed by atoms with Crippen molar-refractivity contribution in [2.75, 3.05) is 19.7 Å². The van der Waals surface area contributed by atoms with Crippen molar-refractivity contribution in [3.05, 3.63) is 35.9 Å². The van der Waals surface area contributed by atoms with Gasteiger partial charge in [-0.3, -0.25) is 0 Å². The van der Waals surface area contributed by atoms with Crippen LogP contribution in [0.3, 0.4) is 0 Å². The van der Waals surface area contributed by atoms with Gasteiger partial charge in [-0.05, 0) is 24.8 Å². The van der Waals surface area contributed by atoms with E-state index in [1.165, 1.54) is 4.31 Å². The minimum Gasteiger partial charge on any atom is -0.395 e. The molecule has 0 saturated carbocycles. The number of nitrogens with one attached hydrogen (secondary N) is 1. The van der Waals surface area contributed by atoms with Gasteiger partial charge in [0.1, 0.15) is 0 Å². The zero-order valence-electron chi connectivity index (χ0n) is 11.5. The fourth-order valence-electron chi connectivity index (χ4n) is 2.43. The number of benzene rings is 1. The Morgan fingerprint density at radius 1 is 1.15 bits per heavy atom. The third kappa shape index (κ3) is 4.28. The van der Waals surface area contributed by atoms with Crippen LogP contribution in [0, 0.1) is 0 Å². The lowest BCUT2D eigenvalue weighted by Gasteiger charge is -2.28. The van der Waals surface area contributed by atoms with E-state index < -0.39 is 16.3 Å². The second-order valence-corrected chi connectivity index (χ2v) is 6.85. The summed E-state index contributed by atoms with van der Waals surface area (Å²) in [5.41, 5.74) is 1.01. The maximum absolute atomic E-state index is 12.2. The summed E-state index contributed by atoms with van der Waals surface area (Å²) in [5, 5.41) is 9.40. The summed E-state index contributed by atoms with van der Waals surface area (Å²) in [6, 6.07) is 9.10. The minimum atomic E-state index is -3.49. The number of hydrogen-bond donors (Lipinski definition) is 2. The summed E-state index contributed by atoms with van der Waals surface area (Å²) in [6.45, 7) is 0.930. The van der Waals surface area contributed by atoms with Crippen LogP contribution in [0.25, 0.3) is 0 Å². The zero-order chi connectivity index (χ0) is 14.4. The first-order chi connectivity index (χ1) is 9.62. The normalized spacial score (nSPS) is 18.9. The predicted octanol–water partition coefficient (Wildman–Crippen LogP) is 0.910. The SMILES string of the molecule is O=S(=O)(N[C@@H](CO)Cc1ccccc1)N1CCCCC1. The Morgan fingerprint density at radius 3 is 2.40 bits per heavy atom. The highest BCUT2D eigenvalue weighted by Gasteiger charge is 2.26. The van der Waals surface area contributed by atoms with Crippen molar-refractivity contribution in [2.45, 2.75) is 31.7 Å². The maximum Gasteiger partial charge on any atom is 0.279 e. The lowest BCUT2D eigenvalue weighted by molar-refractivity contribution is 0.251. The van der Waals surface area contributed by atoms with Crippen LogP contribution < -0.4 is 4.72 Å². The first kappa shape index (κ1) is 15.4. The number of nitrogens with zero attached hydrogens (tertiary/aromatic N) is 1. The summed E-state index contributed by atoms with van der Waals surface area (Å²) in [4.78, 5) is 0. The zero-order valence-corrected chi connectivity index (χ0v) is 12.3.